The van der Waals surface area contributed by atoms with Gasteiger partial charge in [-0.25, -0.2) is 21.8 Å². The van der Waals surface area contributed by atoms with Crippen LogP contribution in [0, 0.1) is 0 Å². The molecule has 4 rings (SSSR count). The number of rotatable bonds is 6. The second-order valence-corrected chi connectivity index (χ2v) is 14.5. The Morgan fingerprint density at radius 3 is 2.14 bits per heavy atom. The maximum atomic E-state index is 12.6. The predicted molar refractivity (Wildman–Crippen MR) is 141 cm³/mol. The van der Waals surface area contributed by atoms with Crippen molar-refractivity contribution in [1.29, 1.82) is 0 Å². The molecule has 0 spiro atoms. The molecule has 0 saturated heterocycles. The van der Waals surface area contributed by atoms with Gasteiger partial charge < -0.3 is 0 Å². The molecule has 0 aliphatic carbocycles. The second kappa shape index (κ2) is 8.84. The molecule has 2 heterocycles. The lowest BCUT2D eigenvalue weighted by atomic mass is 9.92. The molecule has 0 aliphatic rings. The fourth-order valence-electron chi connectivity index (χ4n) is 3.80. The van der Waals surface area contributed by atoms with E-state index in [4.69, 9.17) is 0 Å². The number of pyridine rings is 2. The van der Waals surface area contributed by atoms with Crippen LogP contribution < -0.4 is 0 Å². The molecule has 0 unspecified atom stereocenters. The first-order valence-corrected chi connectivity index (χ1v) is 14.7. The van der Waals surface area contributed by atoms with Crippen molar-refractivity contribution in [3.63, 3.8) is 0 Å². The Hall–Kier alpha value is -3.10. The summed E-state index contributed by atoms with van der Waals surface area (Å²) in [6.45, 7) is 6.68. The van der Waals surface area contributed by atoms with E-state index in [1.54, 1.807) is 46.2 Å². The molecule has 0 bridgehead atoms. The second-order valence-electron chi connectivity index (χ2n) is 9.44. The first kappa shape index (κ1) is 25.0. The lowest BCUT2D eigenvalue weighted by Gasteiger charge is -2.24. The third-order valence-electron chi connectivity index (χ3n) is 6.48. The van der Waals surface area contributed by atoms with Crippen molar-refractivity contribution < 1.29 is 16.8 Å². The van der Waals surface area contributed by atoms with Crippen LogP contribution in [-0.2, 0) is 24.4 Å². The molecule has 0 amide bonds. The lowest BCUT2D eigenvalue weighted by molar-refractivity contribution is 0.561. The van der Waals surface area contributed by atoms with Gasteiger partial charge >= 0.3 is 0 Å². The Balaban J connectivity index is 1.86. The van der Waals surface area contributed by atoms with E-state index in [0.29, 0.717) is 5.56 Å². The normalized spacial score (nSPS) is 12.9. The standard InChI is InChI=1S/C27H28N2O4S2/c1-18(2)35(32,33)25-12-11-22(17-29-25)19-8-6-9-20(14-19)24-16-23(27(3,4)34(5,30)31)15-21-10-7-13-28-26(21)24/h6-18H,1-5H3. The van der Waals surface area contributed by atoms with Crippen LogP contribution in [0.2, 0.25) is 0 Å². The summed E-state index contributed by atoms with van der Waals surface area (Å²) in [4.78, 5) is 8.78. The van der Waals surface area contributed by atoms with Crippen molar-refractivity contribution in [2.24, 2.45) is 0 Å². The molecule has 2 aromatic carbocycles. The largest absolute Gasteiger partial charge is 0.256 e. The third kappa shape index (κ3) is 4.60. The number of nitrogens with zero attached hydrogens (tertiary/aromatic N) is 2. The molecular weight excluding hydrogens is 480 g/mol. The molecule has 2 aromatic heterocycles. The van der Waals surface area contributed by atoms with Crippen LogP contribution in [0.25, 0.3) is 33.2 Å². The van der Waals surface area contributed by atoms with Gasteiger partial charge in [0, 0.05) is 35.2 Å². The first-order valence-electron chi connectivity index (χ1n) is 11.2. The summed E-state index contributed by atoms with van der Waals surface area (Å²) in [7, 11) is -6.83. The molecule has 0 fully saturated rings. The summed E-state index contributed by atoms with van der Waals surface area (Å²) in [6, 6.07) is 18.6. The molecule has 0 N–H and O–H groups in total. The van der Waals surface area contributed by atoms with Crippen molar-refractivity contribution in [2.45, 2.75) is 42.7 Å². The Kier molecular flexibility index (Phi) is 6.32. The average molecular weight is 509 g/mol. The highest BCUT2D eigenvalue weighted by molar-refractivity contribution is 7.92. The smallest absolute Gasteiger partial charge is 0.197 e. The highest BCUT2D eigenvalue weighted by atomic mass is 32.2. The maximum Gasteiger partial charge on any atom is 0.197 e. The summed E-state index contributed by atoms with van der Waals surface area (Å²) in [5, 5.41) is 0.360. The number of aromatic nitrogens is 2. The number of hydrogen-bond acceptors (Lipinski definition) is 6. The number of benzene rings is 2. The number of sulfone groups is 2. The Bertz CT molecular complexity index is 1620. The van der Waals surface area contributed by atoms with Gasteiger partial charge in [0.15, 0.2) is 24.7 Å². The summed E-state index contributed by atoms with van der Waals surface area (Å²) < 4.78 is 48.9. The van der Waals surface area contributed by atoms with Gasteiger partial charge in [0.1, 0.15) is 0 Å². The van der Waals surface area contributed by atoms with Crippen molar-refractivity contribution in [3.8, 4) is 22.3 Å². The van der Waals surface area contributed by atoms with E-state index in [9.17, 15) is 16.8 Å². The monoisotopic (exact) mass is 508 g/mol. The van der Waals surface area contributed by atoms with Gasteiger partial charge in [-0.15, -0.1) is 0 Å². The van der Waals surface area contributed by atoms with E-state index in [0.717, 1.165) is 33.2 Å². The van der Waals surface area contributed by atoms with Gasteiger partial charge in [-0.3, -0.25) is 4.98 Å². The summed E-state index contributed by atoms with van der Waals surface area (Å²) >= 11 is 0. The van der Waals surface area contributed by atoms with Crippen LogP contribution in [0.4, 0.5) is 0 Å². The predicted octanol–water partition coefficient (Wildman–Crippen LogP) is 5.43. The van der Waals surface area contributed by atoms with E-state index in [1.807, 2.05) is 48.5 Å². The molecule has 182 valence electrons. The Labute approximate surface area is 206 Å². The maximum absolute atomic E-state index is 12.6. The molecule has 8 heteroatoms. The summed E-state index contributed by atoms with van der Waals surface area (Å²) in [5.74, 6) is 0. The highest BCUT2D eigenvalue weighted by Crippen LogP contribution is 2.37. The van der Waals surface area contributed by atoms with E-state index in [-0.39, 0.29) is 5.03 Å². The molecule has 0 saturated carbocycles. The van der Waals surface area contributed by atoms with Gasteiger partial charge in [0.25, 0.3) is 0 Å². The minimum atomic E-state index is -3.45. The lowest BCUT2D eigenvalue weighted by Crippen LogP contribution is -2.28. The molecule has 35 heavy (non-hydrogen) atoms. The van der Waals surface area contributed by atoms with Crippen molar-refractivity contribution in [2.75, 3.05) is 6.26 Å². The van der Waals surface area contributed by atoms with Crippen LogP contribution in [-0.4, -0.2) is 38.3 Å². The quantitative estimate of drug-likeness (QED) is 0.345. The molecule has 4 aromatic rings. The van der Waals surface area contributed by atoms with Gasteiger partial charge in [-0.1, -0.05) is 24.3 Å². The summed E-state index contributed by atoms with van der Waals surface area (Å²) in [6.07, 6.45) is 4.53. The van der Waals surface area contributed by atoms with Gasteiger partial charge in [0.05, 0.1) is 15.5 Å². The fourth-order valence-corrected chi connectivity index (χ4v) is 5.29. The molecule has 0 aliphatic heterocycles. The number of hydrogen-bond donors (Lipinski definition) is 0. The topological polar surface area (TPSA) is 94.1 Å². The van der Waals surface area contributed by atoms with Gasteiger partial charge in [-0.05, 0) is 80.8 Å². The average Bonchev–Trinajstić information content (AvgIpc) is 2.82. The zero-order valence-corrected chi connectivity index (χ0v) is 22.0. The van der Waals surface area contributed by atoms with Gasteiger partial charge in [-0.2, -0.15) is 0 Å². The van der Waals surface area contributed by atoms with Crippen LogP contribution in [0.3, 0.4) is 0 Å². The van der Waals surface area contributed by atoms with E-state index >= 15 is 0 Å². The number of fused-ring (bicyclic) bond motifs is 1. The molecule has 0 atom stereocenters. The minimum absolute atomic E-state index is 0.0540. The molecular formula is C27H28N2O4S2. The minimum Gasteiger partial charge on any atom is -0.256 e. The first-order chi connectivity index (χ1) is 16.3. The SMILES string of the molecule is CC(C)S(=O)(=O)c1ccc(-c2cccc(-c3cc(C(C)(C)S(C)(=O)=O)cc4cccnc34)c2)cn1. The highest BCUT2D eigenvalue weighted by Gasteiger charge is 2.33. The Morgan fingerprint density at radius 1 is 0.800 bits per heavy atom. The van der Waals surface area contributed by atoms with E-state index in [1.165, 1.54) is 12.3 Å². The third-order valence-corrected chi connectivity index (χ3v) is 10.6. The fraction of sp³-hybridized carbons (Fsp3) is 0.259. The zero-order chi connectivity index (χ0) is 25.6. The summed E-state index contributed by atoms with van der Waals surface area (Å²) in [5.41, 5.74) is 4.79. The van der Waals surface area contributed by atoms with Gasteiger partial charge in [0.2, 0.25) is 0 Å². The Morgan fingerprint density at radius 2 is 1.51 bits per heavy atom. The van der Waals surface area contributed by atoms with E-state index in [2.05, 4.69) is 9.97 Å². The van der Waals surface area contributed by atoms with Crippen molar-refractivity contribution in [1.82, 2.24) is 9.97 Å². The van der Waals surface area contributed by atoms with Crippen LogP contribution in [0.15, 0.2) is 78.1 Å². The van der Waals surface area contributed by atoms with E-state index < -0.39 is 29.7 Å². The van der Waals surface area contributed by atoms with Crippen molar-refractivity contribution in [3.05, 3.63) is 78.6 Å². The molecule has 6 nitrogen and oxygen atoms in total. The van der Waals surface area contributed by atoms with Crippen LogP contribution in [0.5, 0.6) is 0 Å². The van der Waals surface area contributed by atoms with Crippen molar-refractivity contribution >= 4 is 30.6 Å². The molecule has 0 radical (unpaired) electrons. The zero-order valence-electron chi connectivity index (χ0n) is 20.3. The van der Waals surface area contributed by atoms with Crippen LogP contribution >= 0.6 is 0 Å². The van der Waals surface area contributed by atoms with Crippen LogP contribution in [0.1, 0.15) is 33.3 Å².